The Labute approximate surface area is 184 Å². The summed E-state index contributed by atoms with van der Waals surface area (Å²) in [5.41, 5.74) is 9.35. The van der Waals surface area contributed by atoms with Gasteiger partial charge in [-0.15, -0.1) is 0 Å². The zero-order chi connectivity index (χ0) is 22.7. The highest BCUT2D eigenvalue weighted by molar-refractivity contribution is 6.06. The summed E-state index contributed by atoms with van der Waals surface area (Å²) in [5.74, 6) is -0.712. The maximum Gasteiger partial charge on any atom is 0.284 e. The van der Waals surface area contributed by atoms with Gasteiger partial charge in [0.1, 0.15) is 0 Å². The third-order valence-electron chi connectivity index (χ3n) is 5.23. The SMILES string of the molecule is CN(C(=O)c1cccc(C#N)c1)c1ccc2c(c1)nc(C(N)=O)n2CCc1cccnc1. The molecule has 4 rings (SSSR count). The Balaban J connectivity index is 1.65. The molecule has 0 aliphatic carbocycles. The van der Waals surface area contributed by atoms with E-state index in [2.05, 4.69) is 9.97 Å². The first-order valence-electron chi connectivity index (χ1n) is 9.95. The van der Waals surface area contributed by atoms with Gasteiger partial charge in [-0.05, 0) is 54.4 Å². The Bertz CT molecular complexity index is 1350. The second kappa shape index (κ2) is 8.70. The average molecular weight is 424 g/mol. The van der Waals surface area contributed by atoms with Crippen molar-refractivity contribution in [2.45, 2.75) is 13.0 Å². The first kappa shape index (κ1) is 20.8. The maximum atomic E-state index is 12.9. The normalized spacial score (nSPS) is 10.6. The number of hydrogen-bond acceptors (Lipinski definition) is 5. The minimum atomic E-state index is -0.619. The number of aryl methyl sites for hydroxylation is 2. The number of benzene rings is 2. The number of primary amides is 1. The van der Waals surface area contributed by atoms with Crippen molar-refractivity contribution in [3.05, 3.63) is 89.5 Å². The first-order chi connectivity index (χ1) is 15.5. The molecule has 2 amide bonds. The van der Waals surface area contributed by atoms with Gasteiger partial charge in [-0.1, -0.05) is 12.1 Å². The van der Waals surface area contributed by atoms with Crippen molar-refractivity contribution < 1.29 is 9.59 Å². The molecule has 8 nitrogen and oxygen atoms in total. The molecule has 0 aliphatic heterocycles. The number of nitriles is 1. The van der Waals surface area contributed by atoms with E-state index in [0.29, 0.717) is 35.3 Å². The fourth-order valence-corrected chi connectivity index (χ4v) is 3.56. The highest BCUT2D eigenvalue weighted by Crippen LogP contribution is 2.24. The summed E-state index contributed by atoms with van der Waals surface area (Å²) >= 11 is 0. The van der Waals surface area contributed by atoms with Gasteiger partial charge in [0.2, 0.25) is 0 Å². The van der Waals surface area contributed by atoms with Crippen molar-refractivity contribution in [3.8, 4) is 6.07 Å². The number of nitrogens with two attached hydrogens (primary N) is 1. The van der Waals surface area contributed by atoms with Crippen molar-refractivity contribution >= 4 is 28.5 Å². The van der Waals surface area contributed by atoms with E-state index in [9.17, 15) is 9.59 Å². The molecule has 2 aromatic carbocycles. The number of hydrogen-bond donors (Lipinski definition) is 1. The quantitative estimate of drug-likeness (QED) is 0.511. The molecule has 0 unspecified atom stereocenters. The number of amides is 2. The van der Waals surface area contributed by atoms with Crippen LogP contribution in [0.3, 0.4) is 0 Å². The fraction of sp³-hybridized carbons (Fsp3) is 0.125. The molecule has 4 aromatic rings. The third-order valence-corrected chi connectivity index (χ3v) is 5.23. The lowest BCUT2D eigenvalue weighted by Gasteiger charge is -2.17. The Hall–Kier alpha value is -4.51. The molecule has 0 saturated heterocycles. The minimum absolute atomic E-state index is 0.164. The number of rotatable bonds is 6. The van der Waals surface area contributed by atoms with Crippen LogP contribution >= 0.6 is 0 Å². The molecule has 0 atom stereocenters. The Morgan fingerprint density at radius 2 is 2.00 bits per heavy atom. The number of aromatic nitrogens is 3. The standard InChI is InChI=1S/C24H20N6O2/c1-29(24(32)18-6-2-4-17(12-18)14-25)19-7-8-21-20(13-19)28-23(22(26)31)30(21)11-9-16-5-3-10-27-15-16/h2-8,10,12-13,15H,9,11H2,1H3,(H2,26,31). The van der Waals surface area contributed by atoms with E-state index in [1.54, 1.807) is 60.4 Å². The lowest BCUT2D eigenvalue weighted by molar-refractivity contribution is 0.0981. The maximum absolute atomic E-state index is 12.9. The van der Waals surface area contributed by atoms with Crippen LogP contribution in [0.15, 0.2) is 67.0 Å². The van der Waals surface area contributed by atoms with Crippen LogP contribution in [0.4, 0.5) is 5.69 Å². The van der Waals surface area contributed by atoms with Crippen LogP contribution in [0.5, 0.6) is 0 Å². The van der Waals surface area contributed by atoms with Crippen molar-refractivity contribution in [2.75, 3.05) is 11.9 Å². The van der Waals surface area contributed by atoms with E-state index >= 15 is 0 Å². The van der Waals surface area contributed by atoms with E-state index in [-0.39, 0.29) is 11.7 Å². The average Bonchev–Trinajstić information content (AvgIpc) is 3.20. The van der Waals surface area contributed by atoms with Crippen LogP contribution in [0.1, 0.15) is 32.1 Å². The summed E-state index contributed by atoms with van der Waals surface area (Å²) < 4.78 is 1.78. The number of carbonyl (C=O) groups excluding carboxylic acids is 2. The predicted molar refractivity (Wildman–Crippen MR) is 120 cm³/mol. The Kier molecular flexibility index (Phi) is 5.64. The van der Waals surface area contributed by atoms with Crippen LogP contribution in [0.2, 0.25) is 0 Å². The van der Waals surface area contributed by atoms with E-state index in [1.807, 2.05) is 24.3 Å². The molecule has 2 heterocycles. The van der Waals surface area contributed by atoms with Crippen molar-refractivity contribution in [1.29, 1.82) is 5.26 Å². The zero-order valence-electron chi connectivity index (χ0n) is 17.4. The van der Waals surface area contributed by atoms with Crippen LogP contribution in [-0.2, 0) is 13.0 Å². The van der Waals surface area contributed by atoms with Gasteiger partial charge in [-0.2, -0.15) is 5.26 Å². The number of fused-ring (bicyclic) bond motifs is 1. The van der Waals surface area contributed by atoms with Crippen molar-refractivity contribution in [3.63, 3.8) is 0 Å². The highest BCUT2D eigenvalue weighted by atomic mass is 16.2. The molecule has 0 radical (unpaired) electrons. The molecule has 158 valence electrons. The summed E-state index contributed by atoms with van der Waals surface area (Å²) in [4.78, 5) is 34.9. The number of carbonyl (C=O) groups is 2. The van der Waals surface area contributed by atoms with Gasteiger partial charge >= 0.3 is 0 Å². The molecule has 8 heteroatoms. The lowest BCUT2D eigenvalue weighted by atomic mass is 10.1. The summed E-state index contributed by atoms with van der Waals surface area (Å²) in [6.45, 7) is 0.509. The largest absolute Gasteiger partial charge is 0.363 e. The van der Waals surface area contributed by atoms with Gasteiger partial charge in [-0.25, -0.2) is 4.98 Å². The fourth-order valence-electron chi connectivity index (χ4n) is 3.56. The van der Waals surface area contributed by atoms with Gasteiger partial charge < -0.3 is 15.2 Å². The van der Waals surface area contributed by atoms with Gasteiger partial charge in [0.05, 0.1) is 22.7 Å². The molecule has 2 N–H and O–H groups in total. The van der Waals surface area contributed by atoms with E-state index in [1.165, 1.54) is 4.90 Å². The smallest absolute Gasteiger partial charge is 0.284 e. The highest BCUT2D eigenvalue weighted by Gasteiger charge is 2.19. The van der Waals surface area contributed by atoms with E-state index in [0.717, 1.165) is 11.1 Å². The third kappa shape index (κ3) is 4.04. The van der Waals surface area contributed by atoms with Crippen LogP contribution in [0, 0.1) is 11.3 Å². The van der Waals surface area contributed by atoms with Crippen LogP contribution < -0.4 is 10.6 Å². The molecular formula is C24H20N6O2. The Morgan fingerprint density at radius 3 is 2.72 bits per heavy atom. The van der Waals surface area contributed by atoms with Gasteiger partial charge in [0.25, 0.3) is 11.8 Å². The van der Waals surface area contributed by atoms with Crippen molar-refractivity contribution in [1.82, 2.24) is 14.5 Å². The number of pyridine rings is 1. The second-order valence-electron chi connectivity index (χ2n) is 7.29. The lowest BCUT2D eigenvalue weighted by Crippen LogP contribution is -2.26. The number of anilines is 1. The van der Waals surface area contributed by atoms with Gasteiger partial charge in [0, 0.05) is 37.2 Å². The number of imidazole rings is 1. The summed E-state index contributed by atoms with van der Waals surface area (Å²) in [6, 6.07) is 17.8. The minimum Gasteiger partial charge on any atom is -0.363 e. The van der Waals surface area contributed by atoms with Gasteiger partial charge in [0.15, 0.2) is 5.82 Å². The van der Waals surface area contributed by atoms with Gasteiger partial charge in [-0.3, -0.25) is 14.6 Å². The molecule has 0 fully saturated rings. The topological polar surface area (TPSA) is 118 Å². The second-order valence-corrected chi connectivity index (χ2v) is 7.29. The van der Waals surface area contributed by atoms with E-state index < -0.39 is 5.91 Å². The predicted octanol–water partition coefficient (Wildman–Crippen LogP) is 2.92. The first-order valence-corrected chi connectivity index (χ1v) is 9.95. The zero-order valence-corrected chi connectivity index (χ0v) is 17.4. The number of nitrogens with zero attached hydrogens (tertiary/aromatic N) is 5. The Morgan fingerprint density at radius 1 is 1.16 bits per heavy atom. The summed E-state index contributed by atoms with van der Waals surface area (Å²) in [5, 5.41) is 9.08. The molecular weight excluding hydrogens is 404 g/mol. The molecule has 2 aromatic heterocycles. The molecule has 0 bridgehead atoms. The van der Waals surface area contributed by atoms with Crippen LogP contribution in [0.25, 0.3) is 11.0 Å². The monoisotopic (exact) mass is 424 g/mol. The van der Waals surface area contributed by atoms with Crippen molar-refractivity contribution in [2.24, 2.45) is 5.73 Å². The molecule has 32 heavy (non-hydrogen) atoms. The molecule has 0 aliphatic rings. The summed E-state index contributed by atoms with van der Waals surface area (Å²) in [7, 11) is 1.65. The van der Waals surface area contributed by atoms with E-state index in [4.69, 9.17) is 11.0 Å². The molecule has 0 saturated carbocycles. The van der Waals surface area contributed by atoms with Crippen LogP contribution in [-0.4, -0.2) is 33.4 Å². The molecule has 0 spiro atoms. The summed E-state index contributed by atoms with van der Waals surface area (Å²) in [6.07, 6.45) is 4.15.